The number of benzene rings is 1. The molecule has 4 rings (SSSR count). The van der Waals surface area contributed by atoms with Crippen LogP contribution in [0.2, 0.25) is 0 Å². The average Bonchev–Trinajstić information content (AvgIpc) is 3.46. The van der Waals surface area contributed by atoms with Gasteiger partial charge in [-0.05, 0) is 37.5 Å². The fourth-order valence-corrected chi connectivity index (χ4v) is 6.06. The average molecular weight is 476 g/mol. The van der Waals surface area contributed by atoms with Crippen molar-refractivity contribution in [2.45, 2.75) is 24.7 Å². The zero-order chi connectivity index (χ0) is 22.9. The predicted molar refractivity (Wildman–Crippen MR) is 120 cm³/mol. The number of non-ortho nitro benzene ring substituents is 1. The number of nitro groups is 1. The number of anilines is 1. The van der Waals surface area contributed by atoms with Gasteiger partial charge in [-0.1, -0.05) is 6.07 Å². The summed E-state index contributed by atoms with van der Waals surface area (Å²) in [4.78, 5) is 30.5. The Bertz CT molecular complexity index is 1250. The largest absolute Gasteiger partial charge is 0.360 e. The van der Waals surface area contributed by atoms with Crippen LogP contribution >= 0.6 is 11.3 Å². The first-order valence-corrected chi connectivity index (χ1v) is 12.2. The lowest BCUT2D eigenvalue weighted by atomic mass is 9.97. The molecular formula is C20H21N5O5S2. The van der Waals surface area contributed by atoms with Crippen molar-refractivity contribution in [2.75, 3.05) is 18.4 Å². The number of sulfonamides is 1. The van der Waals surface area contributed by atoms with E-state index in [4.69, 9.17) is 0 Å². The molecule has 12 heteroatoms. The monoisotopic (exact) mass is 475 g/mol. The number of H-pyrrole nitrogens is 1. The number of amides is 1. The number of nitrogens with zero attached hydrogens (tertiary/aromatic N) is 3. The van der Waals surface area contributed by atoms with Crippen molar-refractivity contribution in [3.05, 3.63) is 57.6 Å². The van der Waals surface area contributed by atoms with Gasteiger partial charge >= 0.3 is 0 Å². The van der Waals surface area contributed by atoms with Gasteiger partial charge in [0.05, 0.1) is 21.2 Å². The Morgan fingerprint density at radius 2 is 2.06 bits per heavy atom. The molecule has 0 radical (unpaired) electrons. The van der Waals surface area contributed by atoms with Crippen LogP contribution in [0.4, 0.5) is 10.8 Å². The number of hydrogen-bond acceptors (Lipinski definition) is 7. The minimum atomic E-state index is -3.90. The molecule has 1 fully saturated rings. The highest BCUT2D eigenvalue weighted by Crippen LogP contribution is 2.29. The van der Waals surface area contributed by atoms with Gasteiger partial charge in [0.1, 0.15) is 0 Å². The third-order valence-electron chi connectivity index (χ3n) is 5.43. The summed E-state index contributed by atoms with van der Waals surface area (Å²) in [5.74, 6) is -0.536. The molecule has 168 valence electrons. The van der Waals surface area contributed by atoms with Crippen LogP contribution in [0.15, 0.2) is 46.8 Å². The second kappa shape index (κ2) is 8.81. The second-order valence-electron chi connectivity index (χ2n) is 7.50. The summed E-state index contributed by atoms with van der Waals surface area (Å²) in [6.45, 7) is 1.93. The summed E-state index contributed by atoms with van der Waals surface area (Å²) in [7, 11) is -3.90. The zero-order valence-electron chi connectivity index (χ0n) is 17.1. The van der Waals surface area contributed by atoms with Gasteiger partial charge in [0.2, 0.25) is 15.9 Å². The van der Waals surface area contributed by atoms with Crippen LogP contribution in [0.5, 0.6) is 0 Å². The molecular weight excluding hydrogens is 454 g/mol. The number of aryl methyl sites for hydroxylation is 1. The molecule has 1 amide bonds. The Morgan fingerprint density at radius 1 is 1.31 bits per heavy atom. The molecule has 3 heterocycles. The number of piperidine rings is 1. The van der Waals surface area contributed by atoms with Crippen LogP contribution < -0.4 is 5.32 Å². The lowest BCUT2D eigenvalue weighted by Gasteiger charge is -2.30. The maximum atomic E-state index is 13.1. The Hall–Kier alpha value is -3.09. The van der Waals surface area contributed by atoms with Gasteiger partial charge in [-0.2, -0.15) is 4.31 Å². The van der Waals surface area contributed by atoms with Gasteiger partial charge in [0.25, 0.3) is 5.69 Å². The minimum absolute atomic E-state index is 0.0748. The number of hydrogen-bond donors (Lipinski definition) is 2. The van der Waals surface area contributed by atoms with Gasteiger partial charge < -0.3 is 10.3 Å². The Morgan fingerprint density at radius 3 is 2.72 bits per heavy atom. The molecule has 2 N–H and O–H groups in total. The maximum absolute atomic E-state index is 13.1. The molecule has 2 aromatic heterocycles. The lowest BCUT2D eigenvalue weighted by Crippen LogP contribution is -2.41. The second-order valence-corrected chi connectivity index (χ2v) is 10.3. The smallest absolute Gasteiger partial charge is 0.270 e. The van der Waals surface area contributed by atoms with Crippen LogP contribution in [0.3, 0.4) is 0 Å². The summed E-state index contributed by atoms with van der Waals surface area (Å²) in [6, 6.07) is 7.56. The number of carbonyl (C=O) groups excluding carboxylic acids is 1. The van der Waals surface area contributed by atoms with Crippen LogP contribution in [0.1, 0.15) is 18.4 Å². The van der Waals surface area contributed by atoms with Crippen LogP contribution in [-0.4, -0.2) is 46.6 Å². The number of nitro benzene ring substituents is 1. The third kappa shape index (κ3) is 4.42. The Labute approximate surface area is 188 Å². The molecule has 1 saturated heterocycles. The highest BCUT2D eigenvalue weighted by molar-refractivity contribution is 7.89. The third-order valence-corrected chi connectivity index (χ3v) is 8.23. The number of carbonyl (C=O) groups is 1. The molecule has 0 aliphatic carbocycles. The Kier molecular flexibility index (Phi) is 6.09. The summed E-state index contributed by atoms with van der Waals surface area (Å²) in [5.41, 5.74) is 1.77. The molecule has 0 bridgehead atoms. The summed E-state index contributed by atoms with van der Waals surface area (Å²) < 4.78 is 27.4. The fourth-order valence-electron chi connectivity index (χ4n) is 3.63. The SMILES string of the molecule is Cc1ccc([N+](=O)[O-])cc1S(=O)(=O)N1CCC(C(=O)Nc2nc(-c3ccc[nH]3)cs2)CC1. The van der Waals surface area contributed by atoms with E-state index in [1.165, 1.54) is 27.8 Å². The van der Waals surface area contributed by atoms with Crippen molar-refractivity contribution in [3.63, 3.8) is 0 Å². The Balaban J connectivity index is 1.40. The predicted octanol–water partition coefficient (Wildman–Crippen LogP) is 3.39. The fraction of sp³-hybridized carbons (Fsp3) is 0.300. The first-order chi connectivity index (χ1) is 15.3. The lowest BCUT2D eigenvalue weighted by molar-refractivity contribution is -0.385. The highest BCUT2D eigenvalue weighted by atomic mass is 32.2. The van der Waals surface area contributed by atoms with Crippen LogP contribution in [0, 0.1) is 23.0 Å². The van der Waals surface area contributed by atoms with Crippen molar-refractivity contribution in [1.29, 1.82) is 0 Å². The molecule has 0 atom stereocenters. The van der Waals surface area contributed by atoms with Crippen molar-refractivity contribution < 1.29 is 18.1 Å². The highest BCUT2D eigenvalue weighted by Gasteiger charge is 2.33. The van der Waals surface area contributed by atoms with Crippen molar-refractivity contribution in [2.24, 2.45) is 5.92 Å². The van der Waals surface area contributed by atoms with E-state index in [1.54, 1.807) is 13.1 Å². The molecule has 1 aliphatic heterocycles. The molecule has 0 saturated carbocycles. The number of aromatic nitrogens is 2. The van der Waals surface area contributed by atoms with Crippen molar-refractivity contribution in [1.82, 2.24) is 14.3 Å². The number of nitrogens with one attached hydrogen (secondary N) is 2. The molecule has 0 spiro atoms. The number of rotatable bonds is 6. The van der Waals surface area contributed by atoms with Crippen molar-refractivity contribution >= 4 is 38.1 Å². The van der Waals surface area contributed by atoms with Gasteiger partial charge in [0.15, 0.2) is 5.13 Å². The van der Waals surface area contributed by atoms with Gasteiger partial charge in [-0.25, -0.2) is 13.4 Å². The van der Waals surface area contributed by atoms with E-state index in [1.807, 2.05) is 17.5 Å². The molecule has 0 unspecified atom stereocenters. The molecule has 1 aromatic carbocycles. The summed E-state index contributed by atoms with van der Waals surface area (Å²) in [6.07, 6.45) is 2.51. The quantitative estimate of drug-likeness (QED) is 0.414. The number of thiazole rings is 1. The van der Waals surface area contributed by atoms with E-state index in [9.17, 15) is 23.3 Å². The summed E-state index contributed by atoms with van der Waals surface area (Å²) >= 11 is 1.32. The van der Waals surface area contributed by atoms with Crippen LogP contribution in [0.25, 0.3) is 11.4 Å². The van der Waals surface area contributed by atoms with E-state index in [0.29, 0.717) is 23.5 Å². The first-order valence-electron chi connectivity index (χ1n) is 9.91. The number of aromatic amines is 1. The van der Waals surface area contributed by atoms with E-state index >= 15 is 0 Å². The van der Waals surface area contributed by atoms with E-state index in [0.717, 1.165) is 17.5 Å². The minimum Gasteiger partial charge on any atom is -0.360 e. The van der Waals surface area contributed by atoms with E-state index in [-0.39, 0.29) is 35.5 Å². The maximum Gasteiger partial charge on any atom is 0.270 e. The molecule has 10 nitrogen and oxygen atoms in total. The molecule has 1 aliphatic rings. The van der Waals surface area contributed by atoms with E-state index in [2.05, 4.69) is 15.3 Å². The standard InChI is InChI=1S/C20H21N5O5S2/c1-13-4-5-15(25(27)28)11-18(13)32(29,30)24-9-6-14(7-10-24)19(26)23-20-22-17(12-31-20)16-3-2-8-21-16/h2-5,8,11-12,14,21H,6-7,9-10H2,1H3,(H,22,23,26). The van der Waals surface area contributed by atoms with Gasteiger partial charge in [0, 0.05) is 42.7 Å². The summed E-state index contributed by atoms with van der Waals surface area (Å²) in [5, 5.41) is 16.2. The zero-order valence-corrected chi connectivity index (χ0v) is 18.8. The van der Waals surface area contributed by atoms with Crippen molar-refractivity contribution in [3.8, 4) is 11.4 Å². The molecule has 32 heavy (non-hydrogen) atoms. The van der Waals surface area contributed by atoms with E-state index < -0.39 is 14.9 Å². The molecule has 3 aromatic rings. The normalized spacial score (nSPS) is 15.5. The van der Waals surface area contributed by atoms with Gasteiger partial charge in [-0.3, -0.25) is 14.9 Å². The topological polar surface area (TPSA) is 138 Å². The van der Waals surface area contributed by atoms with Gasteiger partial charge in [-0.15, -0.1) is 11.3 Å². The first kappa shape index (κ1) is 22.1. The van der Waals surface area contributed by atoms with Crippen LogP contribution in [-0.2, 0) is 14.8 Å².